The van der Waals surface area contributed by atoms with Gasteiger partial charge in [-0.1, -0.05) is 23.5 Å². The summed E-state index contributed by atoms with van der Waals surface area (Å²) in [7, 11) is 2.73. The number of thiazole rings is 1. The van der Waals surface area contributed by atoms with Crippen molar-refractivity contribution in [1.29, 1.82) is 0 Å². The Morgan fingerprint density at radius 2 is 1.97 bits per heavy atom. The van der Waals surface area contributed by atoms with Gasteiger partial charge in [-0.05, 0) is 42.1 Å². The maximum Gasteiger partial charge on any atom is 0.338 e. The quantitative estimate of drug-likeness (QED) is 0.408. The zero-order chi connectivity index (χ0) is 23.7. The number of esters is 2. The number of hydrogen-bond donors (Lipinski definition) is 0. The first-order valence-corrected chi connectivity index (χ1v) is 11.5. The minimum absolute atomic E-state index is 0.235. The zero-order valence-corrected chi connectivity index (χ0v) is 19.9. The number of ether oxygens (including phenoxy) is 3. The van der Waals surface area contributed by atoms with Crippen LogP contribution in [-0.2, 0) is 14.3 Å². The first-order chi connectivity index (χ1) is 15.8. The van der Waals surface area contributed by atoms with E-state index < -0.39 is 18.0 Å². The van der Waals surface area contributed by atoms with E-state index in [4.69, 9.17) is 14.2 Å². The van der Waals surface area contributed by atoms with Crippen LogP contribution in [0, 0.1) is 0 Å². The topological polar surface area (TPSA) is 96.2 Å². The maximum atomic E-state index is 13.5. The van der Waals surface area contributed by atoms with E-state index >= 15 is 0 Å². The van der Waals surface area contributed by atoms with Crippen molar-refractivity contribution < 1.29 is 23.8 Å². The minimum Gasteiger partial charge on any atom is -0.493 e. The lowest BCUT2D eigenvalue weighted by Crippen LogP contribution is -2.39. The largest absolute Gasteiger partial charge is 0.493 e. The highest BCUT2D eigenvalue weighted by atomic mass is 32.1. The van der Waals surface area contributed by atoms with Gasteiger partial charge in [0.1, 0.15) is 0 Å². The highest BCUT2D eigenvalue weighted by molar-refractivity contribution is 7.11. The molecule has 0 N–H and O–H groups in total. The summed E-state index contributed by atoms with van der Waals surface area (Å²) >= 11 is 2.77. The number of rotatable bonds is 5. The van der Waals surface area contributed by atoms with Crippen LogP contribution in [0.5, 0.6) is 11.5 Å². The number of carbonyl (C=O) groups excluding carboxylic acids is 2. The van der Waals surface area contributed by atoms with E-state index in [0.29, 0.717) is 26.3 Å². The molecule has 1 aliphatic heterocycles. The molecule has 1 atom stereocenters. The van der Waals surface area contributed by atoms with Crippen LogP contribution in [0.25, 0.3) is 6.08 Å². The lowest BCUT2D eigenvalue weighted by molar-refractivity contribution is -0.136. The number of hydrogen-bond acceptors (Lipinski definition) is 9. The molecule has 8 nitrogen and oxygen atoms in total. The first kappa shape index (κ1) is 22.7. The van der Waals surface area contributed by atoms with Crippen LogP contribution in [0.1, 0.15) is 30.3 Å². The average Bonchev–Trinajstić information content (AvgIpc) is 3.40. The van der Waals surface area contributed by atoms with E-state index in [0.717, 1.165) is 4.88 Å². The summed E-state index contributed by atoms with van der Waals surface area (Å²) in [5.74, 6) is -0.549. The third kappa shape index (κ3) is 4.27. The smallest absolute Gasteiger partial charge is 0.338 e. The van der Waals surface area contributed by atoms with Crippen molar-refractivity contribution in [3.63, 3.8) is 0 Å². The molecule has 2 aromatic heterocycles. The van der Waals surface area contributed by atoms with Crippen molar-refractivity contribution in [2.45, 2.75) is 19.9 Å². The molecule has 1 unspecified atom stereocenters. The molecule has 0 saturated heterocycles. The van der Waals surface area contributed by atoms with Crippen LogP contribution in [0.3, 0.4) is 0 Å². The van der Waals surface area contributed by atoms with Gasteiger partial charge in [0.25, 0.3) is 5.56 Å². The van der Waals surface area contributed by atoms with Gasteiger partial charge < -0.3 is 14.2 Å². The number of methoxy groups -OCH3 is 2. The second-order valence-electron chi connectivity index (χ2n) is 7.09. The lowest BCUT2D eigenvalue weighted by Gasteiger charge is -2.25. The molecule has 0 fully saturated rings. The summed E-state index contributed by atoms with van der Waals surface area (Å²) in [6.07, 6.45) is 1.81. The number of allylic oxidation sites excluding steroid dienone is 1. The van der Waals surface area contributed by atoms with E-state index in [-0.39, 0.29) is 16.9 Å². The summed E-state index contributed by atoms with van der Waals surface area (Å²) in [5.41, 5.74) is 1.02. The Bertz CT molecular complexity index is 1450. The zero-order valence-electron chi connectivity index (χ0n) is 18.3. The van der Waals surface area contributed by atoms with Crippen molar-refractivity contribution in [2.75, 3.05) is 14.2 Å². The summed E-state index contributed by atoms with van der Waals surface area (Å²) in [4.78, 5) is 43.6. The van der Waals surface area contributed by atoms with Crippen molar-refractivity contribution >= 4 is 40.7 Å². The summed E-state index contributed by atoms with van der Waals surface area (Å²) in [6.45, 7) is 3.00. The van der Waals surface area contributed by atoms with Crippen molar-refractivity contribution in [2.24, 2.45) is 4.99 Å². The standard InChI is InChI=1S/C23H20N2O6S2/c1-12-19(22(28)30-4)20(14-7-8-16(31-13(2)26)17(10-14)29-3)25-21(27)18(33-23(25)24-12)11-15-6-5-9-32-15/h5-11,20H,1-4H3. The number of fused-ring (bicyclic) bond motifs is 1. The van der Waals surface area contributed by atoms with E-state index in [1.165, 1.54) is 48.4 Å². The number of benzene rings is 1. The van der Waals surface area contributed by atoms with E-state index in [1.807, 2.05) is 23.6 Å². The molecule has 3 aromatic rings. The van der Waals surface area contributed by atoms with E-state index in [1.54, 1.807) is 25.1 Å². The Morgan fingerprint density at radius 3 is 2.61 bits per heavy atom. The van der Waals surface area contributed by atoms with Crippen LogP contribution in [0.4, 0.5) is 0 Å². The predicted molar refractivity (Wildman–Crippen MR) is 124 cm³/mol. The molecule has 0 amide bonds. The fraction of sp³-hybridized carbons (Fsp3) is 0.217. The lowest BCUT2D eigenvalue weighted by atomic mass is 9.95. The molecule has 0 radical (unpaired) electrons. The average molecular weight is 485 g/mol. The second-order valence-corrected chi connectivity index (χ2v) is 9.08. The molecule has 170 valence electrons. The second kappa shape index (κ2) is 9.16. The molecular weight excluding hydrogens is 464 g/mol. The van der Waals surface area contributed by atoms with Gasteiger partial charge in [-0.3, -0.25) is 14.2 Å². The molecule has 10 heteroatoms. The van der Waals surface area contributed by atoms with Gasteiger partial charge in [-0.25, -0.2) is 9.79 Å². The Balaban J connectivity index is 1.96. The van der Waals surface area contributed by atoms with Gasteiger partial charge in [0.05, 0.1) is 36.1 Å². The van der Waals surface area contributed by atoms with Gasteiger partial charge in [0, 0.05) is 11.8 Å². The number of aromatic nitrogens is 1. The minimum atomic E-state index is -0.792. The Hall–Kier alpha value is -3.50. The Labute approximate surface area is 196 Å². The number of nitrogens with zero attached hydrogens (tertiary/aromatic N) is 2. The molecule has 0 spiro atoms. The van der Waals surface area contributed by atoms with E-state index in [9.17, 15) is 14.4 Å². The number of carbonyl (C=O) groups is 2. The highest BCUT2D eigenvalue weighted by Crippen LogP contribution is 2.36. The molecule has 1 aromatic carbocycles. The van der Waals surface area contributed by atoms with Crippen LogP contribution >= 0.6 is 22.7 Å². The number of thiophene rings is 1. The third-order valence-corrected chi connectivity index (χ3v) is 6.80. The van der Waals surface area contributed by atoms with Gasteiger partial charge >= 0.3 is 11.9 Å². The van der Waals surface area contributed by atoms with Crippen LogP contribution in [-0.4, -0.2) is 30.7 Å². The van der Waals surface area contributed by atoms with Gasteiger partial charge in [0.2, 0.25) is 0 Å². The summed E-state index contributed by atoms with van der Waals surface area (Å²) in [5, 5.41) is 1.93. The molecular formula is C23H20N2O6S2. The fourth-order valence-electron chi connectivity index (χ4n) is 3.60. The molecule has 3 heterocycles. The van der Waals surface area contributed by atoms with Crippen molar-refractivity contribution in [1.82, 2.24) is 4.57 Å². The van der Waals surface area contributed by atoms with Gasteiger partial charge in [0.15, 0.2) is 16.3 Å². The Kier molecular flexibility index (Phi) is 6.30. The normalized spacial score (nSPS) is 15.6. The molecule has 33 heavy (non-hydrogen) atoms. The van der Waals surface area contributed by atoms with Gasteiger partial charge in [-0.2, -0.15) is 0 Å². The predicted octanol–water partition coefficient (Wildman–Crippen LogP) is 2.40. The molecule has 1 aliphatic rings. The van der Waals surface area contributed by atoms with Crippen LogP contribution in [0.15, 0.2) is 56.8 Å². The summed E-state index contributed by atoms with van der Waals surface area (Å²) in [6, 6.07) is 7.93. The van der Waals surface area contributed by atoms with Crippen LogP contribution < -0.4 is 24.4 Å². The molecule has 0 aliphatic carbocycles. The Morgan fingerprint density at radius 1 is 1.18 bits per heavy atom. The molecule has 0 saturated carbocycles. The van der Waals surface area contributed by atoms with Crippen molar-refractivity contribution in [3.05, 3.63) is 77.1 Å². The summed E-state index contributed by atoms with van der Waals surface area (Å²) < 4.78 is 17.6. The SMILES string of the molecule is COC(=O)C1=C(C)N=c2sc(=Cc3cccs3)c(=O)n2C1c1ccc(OC(C)=O)c(OC)c1. The van der Waals surface area contributed by atoms with Crippen LogP contribution in [0.2, 0.25) is 0 Å². The highest BCUT2D eigenvalue weighted by Gasteiger charge is 2.33. The first-order valence-electron chi connectivity index (χ1n) is 9.84. The van der Waals surface area contributed by atoms with Crippen molar-refractivity contribution in [3.8, 4) is 11.5 Å². The monoisotopic (exact) mass is 484 g/mol. The fourth-order valence-corrected chi connectivity index (χ4v) is 5.37. The molecule has 4 rings (SSSR count). The van der Waals surface area contributed by atoms with E-state index in [2.05, 4.69) is 4.99 Å². The maximum absolute atomic E-state index is 13.5. The van der Waals surface area contributed by atoms with Gasteiger partial charge in [-0.15, -0.1) is 11.3 Å². The third-order valence-electron chi connectivity index (χ3n) is 5.00. The molecule has 0 bridgehead atoms.